The van der Waals surface area contributed by atoms with Crippen molar-refractivity contribution in [2.75, 3.05) is 7.11 Å². The lowest BCUT2D eigenvalue weighted by Crippen LogP contribution is -1.97. The van der Waals surface area contributed by atoms with Gasteiger partial charge in [0.05, 0.1) is 12.5 Å². The standard InChI is InChI=1S/C16H16BrClO/c1-3-11-4-6-12(7-5-11)16(18)14-9-8-13(17)10-15(14)19-2/h4-10,16H,3H2,1-2H3. The van der Waals surface area contributed by atoms with E-state index in [1.165, 1.54) is 5.56 Å². The molecular weight excluding hydrogens is 324 g/mol. The zero-order chi connectivity index (χ0) is 13.8. The third kappa shape index (κ3) is 3.31. The van der Waals surface area contributed by atoms with Crippen LogP contribution in [0, 0.1) is 0 Å². The molecule has 0 bridgehead atoms. The molecular formula is C16H16BrClO. The number of ether oxygens (including phenoxy) is 1. The van der Waals surface area contributed by atoms with Gasteiger partial charge < -0.3 is 4.74 Å². The van der Waals surface area contributed by atoms with Gasteiger partial charge in [0.1, 0.15) is 5.75 Å². The Labute approximate surface area is 127 Å². The Kier molecular flexibility index (Phi) is 4.89. The Morgan fingerprint density at radius 2 is 1.84 bits per heavy atom. The summed E-state index contributed by atoms with van der Waals surface area (Å²) in [5.74, 6) is 0.800. The van der Waals surface area contributed by atoms with Crippen molar-refractivity contribution in [2.24, 2.45) is 0 Å². The van der Waals surface area contributed by atoms with Crippen LogP contribution >= 0.6 is 27.5 Å². The third-order valence-corrected chi connectivity index (χ3v) is 4.13. The number of methoxy groups -OCH3 is 1. The van der Waals surface area contributed by atoms with E-state index in [4.69, 9.17) is 16.3 Å². The van der Waals surface area contributed by atoms with E-state index < -0.39 is 0 Å². The van der Waals surface area contributed by atoms with E-state index in [0.717, 1.165) is 27.8 Å². The van der Waals surface area contributed by atoms with Crippen molar-refractivity contribution < 1.29 is 4.74 Å². The largest absolute Gasteiger partial charge is 0.496 e. The van der Waals surface area contributed by atoms with E-state index >= 15 is 0 Å². The van der Waals surface area contributed by atoms with Crippen LogP contribution in [0.25, 0.3) is 0 Å². The van der Waals surface area contributed by atoms with Crippen molar-refractivity contribution in [3.63, 3.8) is 0 Å². The van der Waals surface area contributed by atoms with Crippen LogP contribution in [0.3, 0.4) is 0 Å². The van der Waals surface area contributed by atoms with Crippen LogP contribution in [-0.4, -0.2) is 7.11 Å². The van der Waals surface area contributed by atoms with Crippen molar-refractivity contribution in [3.05, 3.63) is 63.6 Å². The number of alkyl halides is 1. The minimum Gasteiger partial charge on any atom is -0.496 e. The summed E-state index contributed by atoms with van der Waals surface area (Å²) in [6, 6.07) is 14.3. The number of benzene rings is 2. The summed E-state index contributed by atoms with van der Waals surface area (Å²) < 4.78 is 6.38. The lowest BCUT2D eigenvalue weighted by atomic mass is 10.0. The van der Waals surface area contributed by atoms with Crippen LogP contribution < -0.4 is 4.74 Å². The summed E-state index contributed by atoms with van der Waals surface area (Å²) in [6.45, 7) is 2.14. The first kappa shape index (κ1) is 14.4. The SMILES string of the molecule is CCc1ccc(C(Cl)c2ccc(Br)cc2OC)cc1. The third-order valence-electron chi connectivity index (χ3n) is 3.15. The van der Waals surface area contributed by atoms with Gasteiger partial charge in [-0.25, -0.2) is 0 Å². The molecule has 0 saturated heterocycles. The lowest BCUT2D eigenvalue weighted by molar-refractivity contribution is 0.410. The fourth-order valence-corrected chi connectivity index (χ4v) is 2.66. The maximum absolute atomic E-state index is 6.57. The normalized spacial score (nSPS) is 12.2. The summed E-state index contributed by atoms with van der Waals surface area (Å²) in [5, 5.41) is -0.200. The summed E-state index contributed by atoms with van der Waals surface area (Å²) in [4.78, 5) is 0. The monoisotopic (exact) mass is 338 g/mol. The van der Waals surface area contributed by atoms with Crippen molar-refractivity contribution in [1.29, 1.82) is 0 Å². The molecule has 2 aromatic carbocycles. The van der Waals surface area contributed by atoms with Crippen LogP contribution in [0.5, 0.6) is 5.75 Å². The number of hydrogen-bond acceptors (Lipinski definition) is 1. The summed E-state index contributed by atoms with van der Waals surface area (Å²) in [7, 11) is 1.66. The van der Waals surface area contributed by atoms with Gasteiger partial charge in [-0.05, 0) is 29.7 Å². The van der Waals surface area contributed by atoms with Gasteiger partial charge in [-0.1, -0.05) is 53.2 Å². The molecule has 1 unspecified atom stereocenters. The molecule has 0 radical (unpaired) electrons. The van der Waals surface area contributed by atoms with E-state index in [9.17, 15) is 0 Å². The van der Waals surface area contributed by atoms with Crippen LogP contribution in [0.2, 0.25) is 0 Å². The minimum absolute atomic E-state index is 0.200. The van der Waals surface area contributed by atoms with Crippen LogP contribution in [0.4, 0.5) is 0 Å². The number of hydrogen-bond donors (Lipinski definition) is 0. The fourth-order valence-electron chi connectivity index (χ4n) is 2.00. The maximum atomic E-state index is 6.57. The van der Waals surface area contributed by atoms with Crippen molar-refractivity contribution >= 4 is 27.5 Å². The number of halogens is 2. The Morgan fingerprint density at radius 3 is 2.42 bits per heavy atom. The van der Waals surface area contributed by atoms with E-state index in [1.54, 1.807) is 7.11 Å². The van der Waals surface area contributed by atoms with Crippen LogP contribution in [-0.2, 0) is 6.42 Å². The second kappa shape index (κ2) is 6.44. The molecule has 19 heavy (non-hydrogen) atoms. The molecule has 1 nitrogen and oxygen atoms in total. The summed E-state index contributed by atoms with van der Waals surface area (Å²) in [6.07, 6.45) is 1.04. The lowest BCUT2D eigenvalue weighted by Gasteiger charge is -2.15. The van der Waals surface area contributed by atoms with Crippen LogP contribution in [0.15, 0.2) is 46.9 Å². The highest BCUT2D eigenvalue weighted by Crippen LogP contribution is 2.36. The Morgan fingerprint density at radius 1 is 1.16 bits per heavy atom. The van der Waals surface area contributed by atoms with Crippen LogP contribution in [0.1, 0.15) is 29.0 Å². The van der Waals surface area contributed by atoms with Gasteiger partial charge in [0.15, 0.2) is 0 Å². The minimum atomic E-state index is -0.200. The molecule has 0 N–H and O–H groups in total. The second-order valence-electron chi connectivity index (χ2n) is 4.34. The molecule has 0 aromatic heterocycles. The smallest absolute Gasteiger partial charge is 0.125 e. The Balaban J connectivity index is 2.34. The first-order valence-corrected chi connectivity index (χ1v) is 7.45. The highest BCUT2D eigenvalue weighted by Gasteiger charge is 2.15. The van der Waals surface area contributed by atoms with Crippen molar-refractivity contribution in [1.82, 2.24) is 0 Å². The molecule has 0 heterocycles. The van der Waals surface area contributed by atoms with Crippen molar-refractivity contribution in [3.8, 4) is 5.75 Å². The molecule has 100 valence electrons. The molecule has 0 aliphatic heterocycles. The molecule has 1 atom stereocenters. The predicted molar refractivity (Wildman–Crippen MR) is 84.2 cm³/mol. The molecule has 0 saturated carbocycles. The van der Waals surface area contributed by atoms with Gasteiger partial charge in [-0.3, -0.25) is 0 Å². The zero-order valence-electron chi connectivity index (χ0n) is 11.0. The number of aryl methyl sites for hydroxylation is 1. The maximum Gasteiger partial charge on any atom is 0.125 e. The molecule has 2 aromatic rings. The Hall–Kier alpha value is -0.990. The first-order valence-electron chi connectivity index (χ1n) is 6.22. The van der Waals surface area contributed by atoms with Gasteiger partial charge in [-0.2, -0.15) is 0 Å². The molecule has 0 fully saturated rings. The van der Waals surface area contributed by atoms with Gasteiger partial charge in [0.2, 0.25) is 0 Å². The van der Waals surface area contributed by atoms with E-state index in [0.29, 0.717) is 0 Å². The highest BCUT2D eigenvalue weighted by atomic mass is 79.9. The molecule has 3 heteroatoms. The summed E-state index contributed by atoms with van der Waals surface area (Å²) in [5.41, 5.74) is 3.38. The predicted octanol–water partition coefficient (Wildman–Crippen LogP) is 5.35. The zero-order valence-corrected chi connectivity index (χ0v) is 13.3. The topological polar surface area (TPSA) is 9.23 Å². The van der Waals surface area contributed by atoms with Gasteiger partial charge >= 0.3 is 0 Å². The first-order chi connectivity index (χ1) is 9.15. The fraction of sp³-hybridized carbons (Fsp3) is 0.250. The van der Waals surface area contributed by atoms with E-state index in [-0.39, 0.29) is 5.38 Å². The quantitative estimate of drug-likeness (QED) is 0.682. The summed E-state index contributed by atoms with van der Waals surface area (Å²) >= 11 is 10.0. The molecule has 0 aliphatic rings. The second-order valence-corrected chi connectivity index (χ2v) is 5.70. The number of rotatable bonds is 4. The van der Waals surface area contributed by atoms with Crippen molar-refractivity contribution in [2.45, 2.75) is 18.7 Å². The average molecular weight is 340 g/mol. The molecule has 0 aliphatic carbocycles. The average Bonchev–Trinajstić information content (AvgIpc) is 2.46. The molecule has 0 amide bonds. The van der Waals surface area contributed by atoms with E-state index in [2.05, 4.69) is 47.1 Å². The molecule has 2 rings (SSSR count). The van der Waals surface area contributed by atoms with Gasteiger partial charge in [0, 0.05) is 10.0 Å². The highest BCUT2D eigenvalue weighted by molar-refractivity contribution is 9.10. The Bertz CT molecular complexity index is 551. The molecule has 0 spiro atoms. The van der Waals surface area contributed by atoms with E-state index in [1.807, 2.05) is 18.2 Å². The van der Waals surface area contributed by atoms with Gasteiger partial charge in [0.25, 0.3) is 0 Å². The van der Waals surface area contributed by atoms with Gasteiger partial charge in [-0.15, -0.1) is 11.6 Å².